The third kappa shape index (κ3) is 5.56. The predicted molar refractivity (Wildman–Crippen MR) is 105 cm³/mol. The number of aliphatic hydroxyl groups excluding tert-OH is 1. The summed E-state index contributed by atoms with van der Waals surface area (Å²) in [7, 11) is 0. The number of nitrogens with one attached hydrogen (secondary N) is 1. The number of anilines is 1. The van der Waals surface area contributed by atoms with E-state index in [1.165, 1.54) is 6.07 Å². The van der Waals surface area contributed by atoms with E-state index < -0.39 is 12.2 Å². The number of aliphatic hydroxyl groups is 1. The van der Waals surface area contributed by atoms with E-state index in [4.69, 9.17) is 19.3 Å². The third-order valence-electron chi connectivity index (χ3n) is 4.11. The Balaban J connectivity index is 1.68. The van der Waals surface area contributed by atoms with Crippen molar-refractivity contribution in [3.05, 3.63) is 58.5 Å². The van der Waals surface area contributed by atoms with Gasteiger partial charge in [0.05, 0.1) is 32.1 Å². The topological polar surface area (TPSA) is 97.3 Å². The molecule has 1 aromatic carbocycles. The maximum Gasteiger partial charge on any atom is 0.290 e. The number of amides is 1. The van der Waals surface area contributed by atoms with Crippen LogP contribution in [0.1, 0.15) is 17.2 Å². The number of hydrogen-bond acceptors (Lipinski definition) is 7. The van der Waals surface area contributed by atoms with Crippen LogP contribution in [0.25, 0.3) is 0 Å². The van der Waals surface area contributed by atoms with Gasteiger partial charge in [0.2, 0.25) is 6.29 Å². The fourth-order valence-corrected chi connectivity index (χ4v) is 3.60. The van der Waals surface area contributed by atoms with Gasteiger partial charge in [-0.05, 0) is 29.7 Å². The molecule has 7 nitrogen and oxygen atoms in total. The zero-order chi connectivity index (χ0) is 19.8. The number of ether oxygens (including phenoxy) is 3. The van der Waals surface area contributed by atoms with Crippen LogP contribution in [0.15, 0.2) is 53.6 Å². The average Bonchev–Trinajstić information content (AvgIpc) is 3.24. The highest BCUT2D eigenvalue weighted by Crippen LogP contribution is 2.34. The van der Waals surface area contributed by atoms with Crippen LogP contribution in [0.2, 0.25) is 0 Å². The zero-order valence-electron chi connectivity index (χ0n) is 15.2. The maximum absolute atomic E-state index is 12.7. The molecule has 0 saturated carbocycles. The van der Waals surface area contributed by atoms with E-state index in [2.05, 4.69) is 5.32 Å². The molecule has 0 bridgehead atoms. The molecule has 3 rings (SSSR count). The number of hydrogen-bond donors (Lipinski definition) is 3. The molecule has 0 radical (unpaired) electrons. The van der Waals surface area contributed by atoms with Gasteiger partial charge < -0.3 is 29.7 Å². The molecule has 150 valence electrons. The molecule has 0 saturated heterocycles. The Labute approximate surface area is 167 Å². The molecule has 2 atom stereocenters. The third-order valence-corrected chi connectivity index (χ3v) is 5.11. The summed E-state index contributed by atoms with van der Waals surface area (Å²) >= 11 is 1.61. The van der Waals surface area contributed by atoms with Crippen LogP contribution in [0, 0.1) is 0 Å². The fraction of sp³-hybridized carbons (Fsp3) is 0.350. The second-order valence-corrected chi connectivity index (χ2v) is 7.09. The van der Waals surface area contributed by atoms with Crippen molar-refractivity contribution in [3.63, 3.8) is 0 Å². The first kappa shape index (κ1) is 20.3. The second-order valence-electron chi connectivity index (χ2n) is 6.11. The number of thiophene rings is 1. The zero-order valence-corrected chi connectivity index (χ0v) is 16.1. The Kier molecular flexibility index (Phi) is 7.44. The fourth-order valence-electron chi connectivity index (χ4n) is 2.79. The second kappa shape index (κ2) is 10.2. The molecular formula is C20H23NO6S. The van der Waals surface area contributed by atoms with Crippen LogP contribution >= 0.6 is 11.3 Å². The lowest BCUT2D eigenvalue weighted by Crippen LogP contribution is -2.30. The lowest BCUT2D eigenvalue weighted by atomic mass is 9.99. The van der Waals surface area contributed by atoms with Gasteiger partial charge >= 0.3 is 0 Å². The molecule has 2 aromatic rings. The van der Waals surface area contributed by atoms with Crippen LogP contribution in [-0.2, 0) is 19.0 Å². The Morgan fingerprint density at radius 1 is 1.21 bits per heavy atom. The SMILES string of the molecule is O=C(Nc1ccccc1O)C1=C[C@@H](c2cccs2)C[C@@H](OCCOCCO)O1. The lowest BCUT2D eigenvalue weighted by Gasteiger charge is -2.28. The van der Waals surface area contributed by atoms with E-state index in [0.717, 1.165) is 4.88 Å². The summed E-state index contributed by atoms with van der Waals surface area (Å²) in [5.74, 6) is -0.333. The summed E-state index contributed by atoms with van der Waals surface area (Å²) in [4.78, 5) is 13.8. The first-order chi connectivity index (χ1) is 13.7. The van der Waals surface area contributed by atoms with E-state index in [9.17, 15) is 9.90 Å². The number of phenolic OH excluding ortho intramolecular Hbond substituents is 1. The molecule has 1 aliphatic heterocycles. The van der Waals surface area contributed by atoms with Gasteiger partial charge in [0.25, 0.3) is 5.91 Å². The van der Waals surface area contributed by atoms with Gasteiger partial charge in [-0.15, -0.1) is 11.3 Å². The van der Waals surface area contributed by atoms with E-state index in [1.807, 2.05) is 17.5 Å². The van der Waals surface area contributed by atoms with Crippen molar-refractivity contribution >= 4 is 22.9 Å². The Morgan fingerprint density at radius 2 is 2.07 bits per heavy atom. The number of carbonyl (C=O) groups is 1. The van der Waals surface area contributed by atoms with E-state index in [-0.39, 0.29) is 37.2 Å². The van der Waals surface area contributed by atoms with E-state index in [1.54, 1.807) is 35.6 Å². The Hall–Kier alpha value is -2.39. The van der Waals surface area contributed by atoms with Gasteiger partial charge in [-0.2, -0.15) is 0 Å². The molecule has 0 aliphatic carbocycles. The highest BCUT2D eigenvalue weighted by atomic mass is 32.1. The molecule has 8 heteroatoms. The van der Waals surface area contributed by atoms with Crippen LogP contribution < -0.4 is 5.32 Å². The number of rotatable bonds is 9. The van der Waals surface area contributed by atoms with Crippen molar-refractivity contribution in [2.24, 2.45) is 0 Å². The van der Waals surface area contributed by atoms with Gasteiger partial charge in [-0.1, -0.05) is 18.2 Å². The molecule has 1 aromatic heterocycles. The minimum absolute atomic E-state index is 0.0118. The van der Waals surface area contributed by atoms with Crippen LogP contribution in [0.4, 0.5) is 5.69 Å². The van der Waals surface area contributed by atoms with Gasteiger partial charge in [0, 0.05) is 17.2 Å². The minimum atomic E-state index is -0.597. The Bertz CT molecular complexity index is 792. The molecule has 1 amide bonds. The molecule has 28 heavy (non-hydrogen) atoms. The standard InChI is InChI=1S/C20H23NO6S/c22-7-8-25-9-10-26-19-13-14(18-6-3-11-28-18)12-17(27-19)20(24)21-15-4-1-2-5-16(15)23/h1-6,11-12,14,19,22-23H,7-10,13H2,(H,21,24)/t14-,19+/m1/s1. The smallest absolute Gasteiger partial charge is 0.290 e. The summed E-state index contributed by atoms with van der Waals surface area (Å²) < 4.78 is 16.6. The molecule has 2 heterocycles. The number of phenols is 1. The number of allylic oxidation sites excluding steroid dienone is 1. The number of benzene rings is 1. The van der Waals surface area contributed by atoms with E-state index in [0.29, 0.717) is 18.7 Å². The molecule has 1 aliphatic rings. The van der Waals surface area contributed by atoms with Crippen molar-refractivity contribution in [2.75, 3.05) is 31.7 Å². The van der Waals surface area contributed by atoms with Gasteiger partial charge in [-0.25, -0.2) is 0 Å². The quantitative estimate of drug-likeness (QED) is 0.438. The number of aromatic hydroxyl groups is 1. The summed E-state index contributed by atoms with van der Waals surface area (Å²) in [5.41, 5.74) is 0.310. The van der Waals surface area contributed by atoms with Crippen LogP contribution in [0.5, 0.6) is 5.75 Å². The van der Waals surface area contributed by atoms with Crippen LogP contribution in [-0.4, -0.2) is 48.8 Å². The number of carbonyl (C=O) groups excluding carboxylic acids is 1. The predicted octanol–water partition coefficient (Wildman–Crippen LogP) is 2.83. The molecule has 0 spiro atoms. The summed E-state index contributed by atoms with van der Waals surface area (Å²) in [5, 5.41) is 23.2. The van der Waals surface area contributed by atoms with Crippen molar-refractivity contribution < 1.29 is 29.2 Å². The highest BCUT2D eigenvalue weighted by molar-refractivity contribution is 7.10. The maximum atomic E-state index is 12.7. The normalized spacial score (nSPS) is 19.0. The highest BCUT2D eigenvalue weighted by Gasteiger charge is 2.29. The van der Waals surface area contributed by atoms with Gasteiger partial charge in [-0.3, -0.25) is 4.79 Å². The van der Waals surface area contributed by atoms with Crippen molar-refractivity contribution in [3.8, 4) is 5.75 Å². The molecule has 3 N–H and O–H groups in total. The van der Waals surface area contributed by atoms with Crippen LogP contribution in [0.3, 0.4) is 0 Å². The Morgan fingerprint density at radius 3 is 2.82 bits per heavy atom. The van der Waals surface area contributed by atoms with Crippen molar-refractivity contribution in [1.29, 1.82) is 0 Å². The van der Waals surface area contributed by atoms with Crippen molar-refractivity contribution in [2.45, 2.75) is 18.6 Å². The first-order valence-corrected chi connectivity index (χ1v) is 9.86. The van der Waals surface area contributed by atoms with Gasteiger partial charge in [0.15, 0.2) is 5.76 Å². The first-order valence-electron chi connectivity index (χ1n) is 8.99. The van der Waals surface area contributed by atoms with E-state index >= 15 is 0 Å². The van der Waals surface area contributed by atoms with Crippen molar-refractivity contribution in [1.82, 2.24) is 0 Å². The van der Waals surface area contributed by atoms with Gasteiger partial charge in [0.1, 0.15) is 5.75 Å². The number of para-hydroxylation sites is 2. The lowest BCUT2D eigenvalue weighted by molar-refractivity contribution is -0.148. The molecule has 0 unspecified atom stereocenters. The average molecular weight is 405 g/mol. The summed E-state index contributed by atoms with van der Waals surface area (Å²) in [6.45, 7) is 0.823. The summed E-state index contributed by atoms with van der Waals surface area (Å²) in [6, 6.07) is 10.5. The molecule has 0 fully saturated rings. The summed E-state index contributed by atoms with van der Waals surface area (Å²) in [6.07, 6.45) is 1.76. The largest absolute Gasteiger partial charge is 0.506 e. The monoisotopic (exact) mass is 405 g/mol. The molecular weight excluding hydrogens is 382 g/mol. The minimum Gasteiger partial charge on any atom is -0.506 e.